The summed E-state index contributed by atoms with van der Waals surface area (Å²) in [6, 6.07) is 4.35. The molecule has 0 saturated heterocycles. The molecule has 0 fully saturated rings. The molecular formula is C20H9Cl2F5N2O4. The van der Waals surface area contributed by atoms with Crippen molar-refractivity contribution in [2.24, 2.45) is 0 Å². The Labute approximate surface area is 190 Å². The third-order valence-corrected chi connectivity index (χ3v) is 5.14. The Kier molecular flexibility index (Phi) is 5.81. The third-order valence-electron chi connectivity index (χ3n) is 4.59. The first kappa shape index (κ1) is 23.0. The van der Waals surface area contributed by atoms with Gasteiger partial charge in [0.15, 0.2) is 11.3 Å². The number of hydrogen-bond donors (Lipinski definition) is 1. The van der Waals surface area contributed by atoms with Gasteiger partial charge >= 0.3 is 12.8 Å². The number of carbonyl (C=O) groups is 1. The number of hydrogen-bond acceptors (Lipinski definition) is 5. The zero-order chi connectivity index (χ0) is 24.1. The number of rotatable bonds is 4. The minimum atomic E-state index is -4.74. The van der Waals surface area contributed by atoms with Gasteiger partial charge in [-0.3, -0.25) is 15.0 Å². The average molecular weight is 507 g/mol. The lowest BCUT2D eigenvalue weighted by Crippen LogP contribution is -2.28. The van der Waals surface area contributed by atoms with E-state index in [0.717, 1.165) is 36.7 Å². The van der Waals surface area contributed by atoms with E-state index in [2.05, 4.69) is 9.72 Å². The monoisotopic (exact) mass is 506 g/mol. The maximum Gasteiger partial charge on any atom is 0.416 e. The van der Waals surface area contributed by atoms with E-state index in [0.29, 0.717) is 6.07 Å². The van der Waals surface area contributed by atoms with Gasteiger partial charge in [0, 0.05) is 23.2 Å². The predicted octanol–water partition coefficient (Wildman–Crippen LogP) is 6.94. The van der Waals surface area contributed by atoms with Gasteiger partial charge in [0.25, 0.3) is 5.91 Å². The Balaban J connectivity index is 1.98. The minimum Gasteiger partial charge on any atom is -0.452 e. The van der Waals surface area contributed by atoms with Gasteiger partial charge in [0.2, 0.25) is 0 Å². The van der Waals surface area contributed by atoms with E-state index in [9.17, 15) is 32.0 Å². The number of amides is 1. The van der Waals surface area contributed by atoms with Gasteiger partial charge in [-0.1, -0.05) is 23.2 Å². The Morgan fingerprint density at radius 2 is 1.79 bits per heavy atom. The molecule has 1 amide bonds. The molecule has 0 aliphatic heterocycles. The lowest BCUT2D eigenvalue weighted by Gasteiger charge is -2.18. The highest BCUT2D eigenvalue weighted by atomic mass is 35.5. The molecule has 2 heterocycles. The number of fused-ring (bicyclic) bond motifs is 3. The molecule has 0 spiro atoms. The Morgan fingerprint density at radius 3 is 2.39 bits per heavy atom. The summed E-state index contributed by atoms with van der Waals surface area (Å²) in [4.78, 5) is 16.8. The Hall–Kier alpha value is -3.15. The highest BCUT2D eigenvalue weighted by molar-refractivity contribution is 6.40. The molecule has 6 nitrogen and oxygen atoms in total. The van der Waals surface area contributed by atoms with Crippen molar-refractivity contribution < 1.29 is 41.1 Å². The first-order valence-electron chi connectivity index (χ1n) is 8.82. The van der Waals surface area contributed by atoms with Gasteiger partial charge in [-0.05, 0) is 30.3 Å². The van der Waals surface area contributed by atoms with Gasteiger partial charge in [-0.2, -0.15) is 27.0 Å². The maximum atomic E-state index is 13.3. The fourth-order valence-corrected chi connectivity index (χ4v) is 3.75. The molecule has 4 rings (SSSR count). The summed E-state index contributed by atoms with van der Waals surface area (Å²) in [5, 5.41) is 9.65. The molecule has 0 radical (unpaired) electrons. The fraction of sp³-hybridized carbons (Fsp3) is 0.100. The number of furan rings is 1. The molecule has 1 N–H and O–H groups in total. The van der Waals surface area contributed by atoms with Crippen molar-refractivity contribution in [3.8, 4) is 5.75 Å². The summed E-state index contributed by atoms with van der Waals surface area (Å²) in [5.41, 5.74) is -2.37. The highest BCUT2D eigenvalue weighted by Crippen LogP contribution is 2.41. The molecule has 0 saturated carbocycles. The summed E-state index contributed by atoms with van der Waals surface area (Å²) in [6.45, 7) is -3.28. The summed E-state index contributed by atoms with van der Waals surface area (Å²) in [7, 11) is 0. The molecule has 172 valence electrons. The summed E-state index contributed by atoms with van der Waals surface area (Å²) in [6.07, 6.45) is -2.55. The first-order chi connectivity index (χ1) is 15.5. The topological polar surface area (TPSA) is 75.8 Å². The van der Waals surface area contributed by atoms with Crippen LogP contribution >= 0.6 is 23.2 Å². The molecule has 0 atom stereocenters. The van der Waals surface area contributed by atoms with Crippen LogP contribution < -0.4 is 9.80 Å². The van der Waals surface area contributed by atoms with Crippen LogP contribution in [-0.4, -0.2) is 22.7 Å². The number of benzene rings is 2. The number of carbonyl (C=O) groups excluding carboxylic acids is 1. The molecule has 4 aromatic rings. The van der Waals surface area contributed by atoms with E-state index in [1.165, 1.54) is 0 Å². The van der Waals surface area contributed by atoms with Crippen molar-refractivity contribution in [1.82, 2.24) is 4.98 Å². The fourth-order valence-electron chi connectivity index (χ4n) is 3.22. The second-order valence-corrected chi connectivity index (χ2v) is 7.39. The predicted molar refractivity (Wildman–Crippen MR) is 108 cm³/mol. The molecule has 0 unspecified atom stereocenters. The van der Waals surface area contributed by atoms with Crippen molar-refractivity contribution in [2.75, 3.05) is 5.06 Å². The van der Waals surface area contributed by atoms with Crippen LogP contribution in [0.1, 0.15) is 15.9 Å². The van der Waals surface area contributed by atoms with Gasteiger partial charge < -0.3 is 9.15 Å². The van der Waals surface area contributed by atoms with E-state index >= 15 is 0 Å². The number of hydroxylamine groups is 1. The normalized spacial score (nSPS) is 12.0. The largest absolute Gasteiger partial charge is 0.452 e. The van der Waals surface area contributed by atoms with E-state index in [4.69, 9.17) is 27.6 Å². The molecule has 0 aliphatic rings. The van der Waals surface area contributed by atoms with E-state index in [1.54, 1.807) is 0 Å². The Morgan fingerprint density at radius 1 is 1.12 bits per heavy atom. The number of anilines is 1. The van der Waals surface area contributed by atoms with Gasteiger partial charge in [-0.25, -0.2) is 0 Å². The van der Waals surface area contributed by atoms with Gasteiger partial charge in [0.1, 0.15) is 11.3 Å². The first-order valence-corrected chi connectivity index (χ1v) is 9.58. The molecular weight excluding hydrogens is 498 g/mol. The van der Waals surface area contributed by atoms with Crippen LogP contribution in [0.25, 0.3) is 21.9 Å². The van der Waals surface area contributed by atoms with Crippen LogP contribution in [0, 0.1) is 0 Å². The molecule has 33 heavy (non-hydrogen) atoms. The van der Waals surface area contributed by atoms with Gasteiger partial charge in [0.05, 0.1) is 21.2 Å². The lowest BCUT2D eigenvalue weighted by atomic mass is 10.0. The van der Waals surface area contributed by atoms with Crippen LogP contribution in [0.4, 0.5) is 27.6 Å². The number of ether oxygens (including phenoxy) is 1. The number of nitrogens with zero attached hydrogens (tertiary/aromatic N) is 2. The Bertz CT molecular complexity index is 1370. The van der Waals surface area contributed by atoms with Crippen LogP contribution in [0.5, 0.6) is 5.75 Å². The second kappa shape index (κ2) is 8.32. The number of halogens is 7. The number of alkyl halides is 5. The molecule has 0 bridgehead atoms. The van der Waals surface area contributed by atoms with Crippen LogP contribution in [0.3, 0.4) is 0 Å². The summed E-state index contributed by atoms with van der Waals surface area (Å²) < 4.78 is 75.3. The minimum absolute atomic E-state index is 0.0706. The highest BCUT2D eigenvalue weighted by Gasteiger charge is 2.32. The summed E-state index contributed by atoms with van der Waals surface area (Å²) >= 11 is 11.9. The second-order valence-electron chi connectivity index (χ2n) is 6.57. The molecule has 2 aromatic carbocycles. The van der Waals surface area contributed by atoms with Crippen molar-refractivity contribution in [3.05, 3.63) is 63.9 Å². The third kappa shape index (κ3) is 4.14. The van der Waals surface area contributed by atoms with Crippen molar-refractivity contribution in [2.45, 2.75) is 12.8 Å². The lowest BCUT2D eigenvalue weighted by molar-refractivity contribution is -0.137. The zero-order valence-corrected chi connectivity index (χ0v) is 17.3. The SMILES string of the molecule is O=C(c1ccc(OC(F)F)c2oc3ccc(C(F)(F)F)cc3c12)N(O)c1c(Cl)cncc1Cl. The van der Waals surface area contributed by atoms with Crippen molar-refractivity contribution in [3.63, 3.8) is 0 Å². The maximum absolute atomic E-state index is 13.3. The van der Waals surface area contributed by atoms with E-state index in [-0.39, 0.29) is 37.2 Å². The van der Waals surface area contributed by atoms with Crippen LogP contribution in [0.2, 0.25) is 10.0 Å². The quantitative estimate of drug-likeness (QED) is 0.184. The summed E-state index contributed by atoms with van der Waals surface area (Å²) in [5.74, 6) is -1.70. The van der Waals surface area contributed by atoms with Gasteiger partial charge in [-0.15, -0.1) is 0 Å². The van der Waals surface area contributed by atoms with Crippen molar-refractivity contribution >= 4 is 56.7 Å². The molecule has 2 aromatic heterocycles. The number of pyridine rings is 1. The van der Waals surface area contributed by atoms with Crippen LogP contribution in [-0.2, 0) is 6.18 Å². The smallest absolute Gasteiger partial charge is 0.416 e. The standard InChI is InChI=1S/C20H9Cl2F5N2O4/c21-11-6-28-7-12(22)16(11)29(31)18(30)9-2-4-14(33-19(23)24)17-15(9)10-5-8(20(25,26)27)1-3-13(10)32-17/h1-7,19,31H. The van der Waals surface area contributed by atoms with E-state index in [1.807, 2.05) is 0 Å². The molecule has 13 heteroatoms. The average Bonchev–Trinajstić information content (AvgIpc) is 3.12. The number of aromatic nitrogens is 1. The van der Waals surface area contributed by atoms with Crippen LogP contribution in [0.15, 0.2) is 47.1 Å². The molecule has 0 aliphatic carbocycles. The van der Waals surface area contributed by atoms with Crippen molar-refractivity contribution in [1.29, 1.82) is 0 Å². The zero-order valence-electron chi connectivity index (χ0n) is 15.8. The van der Waals surface area contributed by atoms with E-state index < -0.39 is 41.2 Å².